The van der Waals surface area contributed by atoms with Crippen LogP contribution >= 0.6 is 21.0 Å². The second kappa shape index (κ2) is 5.00. The number of halogens is 1. The number of likely N-dealkylation sites (tertiary alicyclic amines) is 1. The standard InChI is InChI=1S/C12H22IN3/c1-15-9-14-12(13-15)11-4-6-16(7-5-11)8-10-2-3-10/h10-11,14H,2-9H2,1H3. The fourth-order valence-electron chi connectivity index (χ4n) is 2.65. The van der Waals surface area contributed by atoms with Crippen LogP contribution in [0.1, 0.15) is 25.7 Å². The fraction of sp³-hybridized carbons (Fsp3) is 0.917. The lowest BCUT2D eigenvalue weighted by Gasteiger charge is -2.32. The molecular formula is C12H22IN3. The molecule has 3 rings (SSSR count). The Balaban J connectivity index is 1.48. The summed E-state index contributed by atoms with van der Waals surface area (Å²) in [6.07, 6.45) is 5.80. The lowest BCUT2D eigenvalue weighted by molar-refractivity contribution is 0.201. The summed E-state index contributed by atoms with van der Waals surface area (Å²) < 4.78 is 4.19. The van der Waals surface area contributed by atoms with Crippen LogP contribution in [-0.4, -0.2) is 45.0 Å². The Morgan fingerprint density at radius 2 is 2.00 bits per heavy atom. The van der Waals surface area contributed by atoms with Crippen molar-refractivity contribution in [1.82, 2.24) is 13.3 Å². The minimum absolute atomic E-state index is 0.189. The molecule has 1 saturated carbocycles. The molecule has 0 atom stereocenters. The lowest BCUT2D eigenvalue weighted by atomic mass is 9.96. The van der Waals surface area contributed by atoms with E-state index in [4.69, 9.17) is 0 Å². The molecule has 0 amide bonds. The highest BCUT2D eigenvalue weighted by Gasteiger charge is 2.29. The van der Waals surface area contributed by atoms with Crippen LogP contribution in [0.4, 0.5) is 0 Å². The minimum atomic E-state index is 0.189. The average molecular weight is 335 g/mol. The zero-order chi connectivity index (χ0) is 11.0. The summed E-state index contributed by atoms with van der Waals surface area (Å²) >= 11 is 0.189. The van der Waals surface area contributed by atoms with Gasteiger partial charge in [0.05, 0.1) is 6.67 Å². The summed E-state index contributed by atoms with van der Waals surface area (Å²) in [4.78, 5) is 2.70. The Labute approximate surface area is 109 Å². The molecule has 92 valence electrons. The maximum Gasteiger partial charge on any atom is 0.0609 e. The van der Waals surface area contributed by atoms with Crippen LogP contribution in [0.5, 0.6) is 0 Å². The van der Waals surface area contributed by atoms with Crippen molar-refractivity contribution in [2.24, 2.45) is 11.8 Å². The van der Waals surface area contributed by atoms with E-state index in [1.165, 1.54) is 45.3 Å². The highest BCUT2D eigenvalue weighted by Crippen LogP contribution is 2.32. The highest BCUT2D eigenvalue weighted by atomic mass is 127. The quantitative estimate of drug-likeness (QED) is 0.625. The van der Waals surface area contributed by atoms with Crippen molar-refractivity contribution in [1.29, 1.82) is 0 Å². The predicted octanol–water partition coefficient (Wildman–Crippen LogP) is 1.62. The van der Waals surface area contributed by atoms with Gasteiger partial charge in [-0.05, 0) is 72.7 Å². The summed E-state index contributed by atoms with van der Waals surface area (Å²) in [5, 5.41) is 3.62. The molecule has 0 spiro atoms. The monoisotopic (exact) mass is 335 g/mol. The predicted molar refractivity (Wildman–Crippen MR) is 76.7 cm³/mol. The molecule has 0 aromatic heterocycles. The molecule has 2 fully saturated rings. The van der Waals surface area contributed by atoms with E-state index in [0.29, 0.717) is 0 Å². The van der Waals surface area contributed by atoms with E-state index < -0.39 is 0 Å². The molecule has 0 bridgehead atoms. The molecule has 2 aliphatic heterocycles. The molecule has 1 N–H and O–H groups in total. The van der Waals surface area contributed by atoms with Crippen molar-refractivity contribution in [3.63, 3.8) is 0 Å². The van der Waals surface area contributed by atoms with E-state index in [9.17, 15) is 0 Å². The van der Waals surface area contributed by atoms with E-state index >= 15 is 0 Å². The van der Waals surface area contributed by atoms with Gasteiger partial charge in [0.25, 0.3) is 0 Å². The number of nitrogens with zero attached hydrogens (tertiary/aromatic N) is 2. The van der Waals surface area contributed by atoms with Gasteiger partial charge in [-0.2, -0.15) is 0 Å². The van der Waals surface area contributed by atoms with Crippen molar-refractivity contribution in [2.45, 2.75) is 25.7 Å². The van der Waals surface area contributed by atoms with Crippen molar-refractivity contribution in [3.8, 4) is 0 Å². The first kappa shape index (κ1) is 11.6. The van der Waals surface area contributed by atoms with E-state index in [1.807, 2.05) is 0 Å². The van der Waals surface area contributed by atoms with Crippen molar-refractivity contribution in [2.75, 3.05) is 33.4 Å². The van der Waals surface area contributed by atoms with Crippen LogP contribution in [0, 0.1) is 11.8 Å². The van der Waals surface area contributed by atoms with E-state index in [-0.39, 0.29) is 21.0 Å². The molecule has 3 aliphatic rings. The third kappa shape index (κ3) is 2.83. The van der Waals surface area contributed by atoms with Crippen LogP contribution in [0.3, 0.4) is 0 Å². The Morgan fingerprint density at radius 1 is 1.25 bits per heavy atom. The molecule has 2 heterocycles. The SMILES string of the molecule is CN1CNC(C2CCN(CC3CC3)CC2)=I1. The maximum absolute atomic E-state index is 3.62. The summed E-state index contributed by atoms with van der Waals surface area (Å²) in [6, 6.07) is 0. The average Bonchev–Trinajstić information content (AvgIpc) is 3.00. The zero-order valence-corrected chi connectivity index (χ0v) is 12.2. The first-order valence-corrected chi connectivity index (χ1v) is 8.55. The largest absolute Gasteiger partial charge is 0.303 e. The van der Waals surface area contributed by atoms with E-state index in [0.717, 1.165) is 18.5 Å². The Kier molecular flexibility index (Phi) is 3.61. The third-order valence-corrected chi connectivity index (χ3v) is 6.81. The minimum Gasteiger partial charge on any atom is -0.303 e. The van der Waals surface area contributed by atoms with E-state index in [2.05, 4.69) is 20.4 Å². The molecule has 16 heavy (non-hydrogen) atoms. The Morgan fingerprint density at radius 3 is 2.56 bits per heavy atom. The maximum atomic E-state index is 3.62. The van der Waals surface area contributed by atoms with Gasteiger partial charge < -0.3 is 4.90 Å². The molecule has 4 heteroatoms. The molecule has 0 aromatic rings. The Bertz CT molecular complexity index is 280. The molecule has 1 aliphatic carbocycles. The van der Waals surface area contributed by atoms with E-state index in [1.54, 1.807) is 3.63 Å². The van der Waals surface area contributed by atoms with Crippen LogP contribution < -0.4 is 5.32 Å². The van der Waals surface area contributed by atoms with Gasteiger partial charge in [0.2, 0.25) is 0 Å². The van der Waals surface area contributed by atoms with Gasteiger partial charge in [0.15, 0.2) is 0 Å². The fourth-order valence-corrected chi connectivity index (χ4v) is 5.23. The normalized spacial score (nSPS) is 30.2. The first-order chi connectivity index (χ1) is 7.81. The van der Waals surface area contributed by atoms with Crippen LogP contribution in [0.25, 0.3) is 0 Å². The van der Waals surface area contributed by atoms with Crippen molar-refractivity contribution in [3.05, 3.63) is 0 Å². The lowest BCUT2D eigenvalue weighted by Crippen LogP contribution is -2.39. The van der Waals surface area contributed by atoms with Gasteiger partial charge in [-0.3, -0.25) is 5.32 Å². The summed E-state index contributed by atoms with van der Waals surface area (Å²) in [7, 11) is 2.25. The molecule has 0 aromatic carbocycles. The molecule has 3 nitrogen and oxygen atoms in total. The number of piperidine rings is 1. The molecule has 1 saturated heterocycles. The smallest absolute Gasteiger partial charge is 0.0609 e. The Hall–Kier alpha value is 0.480. The zero-order valence-electron chi connectivity index (χ0n) is 10.1. The molecule has 0 radical (unpaired) electrons. The number of hydrogen-bond acceptors (Lipinski definition) is 3. The highest BCUT2D eigenvalue weighted by molar-refractivity contribution is 14.2. The van der Waals surface area contributed by atoms with Crippen molar-refractivity contribution < 1.29 is 0 Å². The van der Waals surface area contributed by atoms with Crippen molar-refractivity contribution >= 4 is 24.6 Å². The van der Waals surface area contributed by atoms with Gasteiger partial charge >= 0.3 is 0 Å². The van der Waals surface area contributed by atoms with Crippen LogP contribution in [0.15, 0.2) is 0 Å². The third-order valence-electron chi connectivity index (χ3n) is 3.86. The van der Waals surface area contributed by atoms with Crippen LogP contribution in [0.2, 0.25) is 0 Å². The van der Waals surface area contributed by atoms with Crippen LogP contribution in [-0.2, 0) is 0 Å². The molecule has 0 unspecified atom stereocenters. The number of hydrogen-bond donors (Lipinski definition) is 1. The summed E-state index contributed by atoms with van der Waals surface area (Å²) in [5.74, 6) is 1.96. The number of rotatable bonds is 3. The topological polar surface area (TPSA) is 18.5 Å². The first-order valence-electron chi connectivity index (χ1n) is 6.50. The second-order valence-electron chi connectivity index (χ2n) is 5.39. The van der Waals surface area contributed by atoms with Gasteiger partial charge in [-0.1, -0.05) is 0 Å². The van der Waals surface area contributed by atoms with Gasteiger partial charge in [0, 0.05) is 16.1 Å². The van der Waals surface area contributed by atoms with Gasteiger partial charge in [0.1, 0.15) is 0 Å². The molecular weight excluding hydrogens is 313 g/mol. The van der Waals surface area contributed by atoms with Gasteiger partial charge in [-0.15, -0.1) is 0 Å². The van der Waals surface area contributed by atoms with Gasteiger partial charge in [-0.25, -0.2) is 3.11 Å². The second-order valence-corrected chi connectivity index (χ2v) is 8.68. The number of nitrogens with one attached hydrogen (secondary N) is 1. The summed E-state index contributed by atoms with van der Waals surface area (Å²) in [5.41, 5.74) is 0. The summed E-state index contributed by atoms with van der Waals surface area (Å²) in [6.45, 7) is 5.19.